The number of benzene rings is 1. The summed E-state index contributed by atoms with van der Waals surface area (Å²) >= 11 is 0. The summed E-state index contributed by atoms with van der Waals surface area (Å²) in [5, 5.41) is 7.85. The standard InChI is InChI=1S/C18H23F2N3O3/c1-3-5-11-21-17(25)12-23(13-24)22-16(6-4-2)14-7-9-15(10-8-14)26-18(19)20/h4,6-10,13,18H,3,5,11-12H2,1-2H3,(H,21,25)/b6-4-,22-16+. The monoisotopic (exact) mass is 367 g/mol. The van der Waals surface area contributed by atoms with Gasteiger partial charge in [-0.2, -0.15) is 13.9 Å². The van der Waals surface area contributed by atoms with Crippen LogP contribution in [0.15, 0.2) is 41.5 Å². The van der Waals surface area contributed by atoms with Crippen LogP contribution in [0.3, 0.4) is 0 Å². The van der Waals surface area contributed by atoms with Gasteiger partial charge in [-0.15, -0.1) is 0 Å². The summed E-state index contributed by atoms with van der Waals surface area (Å²) in [5.41, 5.74) is 0.993. The molecule has 0 atom stereocenters. The number of nitrogens with zero attached hydrogens (tertiary/aromatic N) is 2. The van der Waals surface area contributed by atoms with Crippen molar-refractivity contribution >= 4 is 18.0 Å². The molecule has 1 aromatic carbocycles. The van der Waals surface area contributed by atoms with Crippen LogP contribution in [0.5, 0.6) is 5.75 Å². The van der Waals surface area contributed by atoms with E-state index in [0.717, 1.165) is 17.9 Å². The third-order valence-electron chi connectivity index (χ3n) is 3.22. The van der Waals surface area contributed by atoms with Gasteiger partial charge in [0.05, 0.1) is 5.71 Å². The second-order valence-electron chi connectivity index (χ2n) is 5.29. The van der Waals surface area contributed by atoms with Gasteiger partial charge in [-0.05, 0) is 43.7 Å². The second-order valence-corrected chi connectivity index (χ2v) is 5.29. The minimum absolute atomic E-state index is 0.0196. The first-order chi connectivity index (χ1) is 12.5. The first-order valence-electron chi connectivity index (χ1n) is 8.25. The number of hydrogen-bond donors (Lipinski definition) is 1. The molecule has 0 unspecified atom stereocenters. The third-order valence-corrected chi connectivity index (χ3v) is 3.22. The van der Waals surface area contributed by atoms with Crippen LogP contribution in [-0.2, 0) is 9.59 Å². The fourth-order valence-electron chi connectivity index (χ4n) is 1.99. The molecule has 0 aromatic heterocycles. The highest BCUT2D eigenvalue weighted by atomic mass is 19.3. The lowest BCUT2D eigenvalue weighted by Crippen LogP contribution is -2.35. The molecular formula is C18H23F2N3O3. The fraction of sp³-hybridized carbons (Fsp3) is 0.389. The Kier molecular flexibility index (Phi) is 9.59. The molecule has 1 rings (SSSR count). The number of hydrogen-bond acceptors (Lipinski definition) is 4. The van der Waals surface area contributed by atoms with Crippen LogP contribution in [0.2, 0.25) is 0 Å². The summed E-state index contributed by atoms with van der Waals surface area (Å²) in [7, 11) is 0. The zero-order valence-corrected chi connectivity index (χ0v) is 14.8. The van der Waals surface area contributed by atoms with E-state index in [0.29, 0.717) is 24.2 Å². The molecule has 142 valence electrons. The number of unbranched alkanes of at least 4 members (excludes halogenated alkanes) is 1. The van der Waals surface area contributed by atoms with Gasteiger partial charge in [0.25, 0.3) is 0 Å². The molecule has 0 aliphatic rings. The number of allylic oxidation sites excluding steroid dienone is 2. The minimum Gasteiger partial charge on any atom is -0.435 e. The fourth-order valence-corrected chi connectivity index (χ4v) is 1.99. The number of rotatable bonds is 11. The molecule has 0 saturated heterocycles. The summed E-state index contributed by atoms with van der Waals surface area (Å²) in [6.07, 6.45) is 5.62. The smallest absolute Gasteiger partial charge is 0.387 e. The Balaban J connectivity index is 2.88. The molecule has 0 aliphatic carbocycles. The number of amides is 2. The summed E-state index contributed by atoms with van der Waals surface area (Å²) in [6, 6.07) is 5.84. The molecule has 0 saturated carbocycles. The Morgan fingerprint density at radius 1 is 1.35 bits per heavy atom. The molecule has 1 N–H and O–H groups in total. The van der Waals surface area contributed by atoms with Crippen molar-refractivity contribution < 1.29 is 23.1 Å². The van der Waals surface area contributed by atoms with Crippen molar-refractivity contribution in [3.63, 3.8) is 0 Å². The number of halogens is 2. The normalized spacial score (nSPS) is 11.7. The summed E-state index contributed by atoms with van der Waals surface area (Å²) in [5.74, 6) is -0.291. The highest BCUT2D eigenvalue weighted by molar-refractivity contribution is 6.08. The van der Waals surface area contributed by atoms with Gasteiger partial charge in [0.1, 0.15) is 12.3 Å². The highest BCUT2D eigenvalue weighted by Gasteiger charge is 2.10. The van der Waals surface area contributed by atoms with Crippen LogP contribution < -0.4 is 10.1 Å². The maximum absolute atomic E-state index is 12.2. The van der Waals surface area contributed by atoms with Crippen LogP contribution in [0.1, 0.15) is 32.3 Å². The van der Waals surface area contributed by atoms with E-state index in [1.807, 2.05) is 6.92 Å². The molecule has 0 radical (unpaired) electrons. The first kappa shape index (κ1) is 21.3. The molecule has 0 fully saturated rings. The Bertz CT molecular complexity index is 631. The number of carbonyl (C=O) groups is 2. The summed E-state index contributed by atoms with van der Waals surface area (Å²) in [4.78, 5) is 23.1. The van der Waals surface area contributed by atoms with Gasteiger partial charge in [0.15, 0.2) is 0 Å². The molecule has 2 amide bonds. The molecule has 1 aromatic rings. The lowest BCUT2D eigenvalue weighted by atomic mass is 10.1. The quantitative estimate of drug-likeness (QED) is 0.283. The van der Waals surface area contributed by atoms with Crippen molar-refractivity contribution in [1.82, 2.24) is 10.3 Å². The molecule has 0 aliphatic heterocycles. The predicted octanol–water partition coefficient (Wildman–Crippen LogP) is 2.94. The van der Waals surface area contributed by atoms with Crippen LogP contribution >= 0.6 is 0 Å². The number of carbonyl (C=O) groups excluding carboxylic acids is 2. The SMILES string of the molecule is C/C=C\C(=N/N(C=O)CC(=O)NCCCC)c1ccc(OC(F)F)cc1. The van der Waals surface area contributed by atoms with Gasteiger partial charge in [0.2, 0.25) is 12.3 Å². The van der Waals surface area contributed by atoms with E-state index in [1.54, 1.807) is 31.2 Å². The van der Waals surface area contributed by atoms with Gasteiger partial charge in [0, 0.05) is 12.1 Å². The maximum atomic E-state index is 12.2. The largest absolute Gasteiger partial charge is 0.435 e. The average Bonchev–Trinajstić information content (AvgIpc) is 2.61. The van der Waals surface area contributed by atoms with Crippen LogP contribution in [0.4, 0.5) is 8.78 Å². The van der Waals surface area contributed by atoms with E-state index in [4.69, 9.17) is 0 Å². The Morgan fingerprint density at radius 3 is 2.58 bits per heavy atom. The summed E-state index contributed by atoms with van der Waals surface area (Å²) < 4.78 is 28.7. The van der Waals surface area contributed by atoms with E-state index in [-0.39, 0.29) is 18.2 Å². The van der Waals surface area contributed by atoms with Gasteiger partial charge in [-0.3, -0.25) is 9.59 Å². The number of alkyl halides is 2. The van der Waals surface area contributed by atoms with Crippen molar-refractivity contribution in [2.75, 3.05) is 13.1 Å². The number of hydrazone groups is 1. The van der Waals surface area contributed by atoms with Crippen molar-refractivity contribution in [2.24, 2.45) is 5.10 Å². The van der Waals surface area contributed by atoms with Crippen LogP contribution in [0, 0.1) is 0 Å². The second kappa shape index (κ2) is 11.7. The molecule has 0 bridgehead atoms. The number of ether oxygens (including phenoxy) is 1. The van der Waals surface area contributed by atoms with Gasteiger partial charge < -0.3 is 10.1 Å². The van der Waals surface area contributed by atoms with Crippen LogP contribution in [-0.4, -0.2) is 42.7 Å². The van der Waals surface area contributed by atoms with E-state index < -0.39 is 6.61 Å². The Morgan fingerprint density at radius 2 is 2.04 bits per heavy atom. The Labute approximate surface area is 151 Å². The zero-order chi connectivity index (χ0) is 19.4. The minimum atomic E-state index is -2.90. The van der Waals surface area contributed by atoms with Crippen molar-refractivity contribution in [1.29, 1.82) is 0 Å². The first-order valence-corrected chi connectivity index (χ1v) is 8.25. The van der Waals surface area contributed by atoms with Gasteiger partial charge in [-0.25, -0.2) is 5.01 Å². The van der Waals surface area contributed by atoms with E-state index in [2.05, 4.69) is 15.2 Å². The summed E-state index contributed by atoms with van der Waals surface area (Å²) in [6.45, 7) is 1.21. The molecule has 6 nitrogen and oxygen atoms in total. The van der Waals surface area contributed by atoms with Crippen molar-refractivity contribution in [3.05, 3.63) is 42.0 Å². The van der Waals surface area contributed by atoms with E-state index in [1.165, 1.54) is 12.1 Å². The molecule has 0 spiro atoms. The average molecular weight is 367 g/mol. The third kappa shape index (κ3) is 7.87. The molecule has 26 heavy (non-hydrogen) atoms. The van der Waals surface area contributed by atoms with Crippen LogP contribution in [0.25, 0.3) is 0 Å². The van der Waals surface area contributed by atoms with Crippen molar-refractivity contribution in [3.8, 4) is 5.75 Å². The molecule has 8 heteroatoms. The topological polar surface area (TPSA) is 71.0 Å². The van der Waals surface area contributed by atoms with Gasteiger partial charge in [-0.1, -0.05) is 19.4 Å². The van der Waals surface area contributed by atoms with E-state index in [9.17, 15) is 18.4 Å². The zero-order valence-electron chi connectivity index (χ0n) is 14.8. The van der Waals surface area contributed by atoms with E-state index >= 15 is 0 Å². The maximum Gasteiger partial charge on any atom is 0.387 e. The predicted molar refractivity (Wildman–Crippen MR) is 95.1 cm³/mol. The lowest BCUT2D eigenvalue weighted by molar-refractivity contribution is -0.128. The highest BCUT2D eigenvalue weighted by Crippen LogP contribution is 2.16. The molecule has 0 heterocycles. The Hall–Kier alpha value is -2.77. The lowest BCUT2D eigenvalue weighted by Gasteiger charge is -2.13. The molecular weight excluding hydrogens is 344 g/mol. The van der Waals surface area contributed by atoms with Gasteiger partial charge >= 0.3 is 6.61 Å². The van der Waals surface area contributed by atoms with Crippen molar-refractivity contribution in [2.45, 2.75) is 33.3 Å². The number of nitrogens with one attached hydrogen (secondary N) is 1.